The molecule has 1 fully saturated rings. The Kier molecular flexibility index (Phi) is 3.31. The Morgan fingerprint density at radius 1 is 1.54 bits per heavy atom. The molecule has 0 radical (unpaired) electrons. The van der Waals surface area contributed by atoms with Gasteiger partial charge in [0.15, 0.2) is 0 Å². The first-order valence-corrected chi connectivity index (χ1v) is 4.91. The molecule has 76 valence electrons. The molecule has 1 N–H and O–H groups in total. The maximum absolute atomic E-state index is 11.2. The molecule has 0 bridgehead atoms. The first kappa shape index (κ1) is 10.5. The van der Waals surface area contributed by atoms with E-state index >= 15 is 0 Å². The highest BCUT2D eigenvalue weighted by Gasteiger charge is 2.24. The van der Waals surface area contributed by atoms with Gasteiger partial charge in [0, 0.05) is 19.1 Å². The van der Waals surface area contributed by atoms with Crippen molar-refractivity contribution in [3.05, 3.63) is 0 Å². The summed E-state index contributed by atoms with van der Waals surface area (Å²) in [5, 5.41) is 2.82. The predicted molar refractivity (Wildman–Crippen MR) is 51.4 cm³/mol. The maximum atomic E-state index is 11.2. The molecular weight excluding hydrogens is 166 g/mol. The third-order valence-corrected chi connectivity index (χ3v) is 2.16. The molecule has 3 heteroatoms. The number of ether oxygens (including phenoxy) is 1. The summed E-state index contributed by atoms with van der Waals surface area (Å²) >= 11 is 0. The summed E-state index contributed by atoms with van der Waals surface area (Å²) in [6.07, 6.45) is 1.81. The second-order valence-corrected chi connectivity index (χ2v) is 4.53. The number of nitrogens with one attached hydrogen (secondary N) is 1. The van der Waals surface area contributed by atoms with E-state index in [0.29, 0.717) is 6.61 Å². The summed E-state index contributed by atoms with van der Waals surface area (Å²) in [5.74, 6) is 0.375. The number of rotatable bonds is 3. The summed E-state index contributed by atoms with van der Waals surface area (Å²) in [6, 6.07) is 0. The van der Waals surface area contributed by atoms with Crippen LogP contribution in [0.4, 0.5) is 0 Å². The topological polar surface area (TPSA) is 38.3 Å². The fourth-order valence-corrected chi connectivity index (χ4v) is 1.43. The third kappa shape index (κ3) is 3.77. The average molecular weight is 185 g/mol. The minimum absolute atomic E-state index is 0.0882. The Balaban J connectivity index is 2.16. The summed E-state index contributed by atoms with van der Waals surface area (Å²) in [4.78, 5) is 11.2. The molecule has 1 heterocycles. The molecule has 0 saturated carbocycles. The second kappa shape index (κ2) is 4.09. The van der Waals surface area contributed by atoms with Gasteiger partial charge in [0.05, 0.1) is 5.60 Å². The SMILES string of the molecule is CC(C)(C)OCCC1CCNC1=O. The number of hydrogen-bond donors (Lipinski definition) is 1. The second-order valence-electron chi connectivity index (χ2n) is 4.53. The Labute approximate surface area is 79.8 Å². The standard InChI is InChI=1S/C10H19NO2/c1-10(2,3)13-7-5-8-4-6-11-9(8)12/h8H,4-7H2,1-3H3,(H,11,12). The summed E-state index contributed by atoms with van der Waals surface area (Å²) in [7, 11) is 0. The number of amides is 1. The molecule has 0 aromatic heterocycles. The molecule has 1 aliphatic rings. The predicted octanol–water partition coefficient (Wildman–Crippen LogP) is 1.33. The normalized spacial score (nSPS) is 23.3. The van der Waals surface area contributed by atoms with Crippen molar-refractivity contribution < 1.29 is 9.53 Å². The highest BCUT2D eigenvalue weighted by atomic mass is 16.5. The van der Waals surface area contributed by atoms with Crippen molar-refractivity contribution in [1.29, 1.82) is 0 Å². The van der Waals surface area contributed by atoms with Crippen molar-refractivity contribution in [2.24, 2.45) is 5.92 Å². The van der Waals surface area contributed by atoms with Crippen LogP contribution in [0.2, 0.25) is 0 Å². The van der Waals surface area contributed by atoms with Crippen LogP contribution in [-0.2, 0) is 9.53 Å². The number of carbonyl (C=O) groups is 1. The molecule has 1 saturated heterocycles. The lowest BCUT2D eigenvalue weighted by Crippen LogP contribution is -2.23. The molecule has 1 aliphatic heterocycles. The van der Waals surface area contributed by atoms with E-state index in [2.05, 4.69) is 5.32 Å². The van der Waals surface area contributed by atoms with Crippen LogP contribution in [0.5, 0.6) is 0 Å². The van der Waals surface area contributed by atoms with E-state index in [1.165, 1.54) is 0 Å². The summed E-state index contributed by atoms with van der Waals surface area (Å²) in [6.45, 7) is 7.60. The molecule has 1 rings (SSSR count). The minimum Gasteiger partial charge on any atom is -0.376 e. The molecule has 0 spiro atoms. The van der Waals surface area contributed by atoms with E-state index in [1.807, 2.05) is 20.8 Å². The van der Waals surface area contributed by atoms with E-state index < -0.39 is 0 Å². The first-order valence-electron chi connectivity index (χ1n) is 4.91. The summed E-state index contributed by atoms with van der Waals surface area (Å²) in [5.41, 5.74) is -0.0882. The van der Waals surface area contributed by atoms with Crippen LogP contribution in [0.1, 0.15) is 33.6 Å². The van der Waals surface area contributed by atoms with E-state index in [-0.39, 0.29) is 17.4 Å². The van der Waals surface area contributed by atoms with Crippen molar-refractivity contribution in [2.75, 3.05) is 13.2 Å². The molecule has 1 atom stereocenters. The van der Waals surface area contributed by atoms with Gasteiger partial charge in [-0.15, -0.1) is 0 Å². The van der Waals surface area contributed by atoms with Gasteiger partial charge in [-0.3, -0.25) is 4.79 Å². The van der Waals surface area contributed by atoms with E-state index in [0.717, 1.165) is 19.4 Å². The lowest BCUT2D eigenvalue weighted by molar-refractivity contribution is -0.123. The van der Waals surface area contributed by atoms with Gasteiger partial charge in [-0.25, -0.2) is 0 Å². The fraction of sp³-hybridized carbons (Fsp3) is 0.900. The van der Waals surface area contributed by atoms with Crippen LogP contribution in [0, 0.1) is 5.92 Å². The van der Waals surface area contributed by atoms with Gasteiger partial charge in [0.2, 0.25) is 5.91 Å². The highest BCUT2D eigenvalue weighted by Crippen LogP contribution is 2.15. The maximum Gasteiger partial charge on any atom is 0.223 e. The van der Waals surface area contributed by atoms with Crippen molar-refractivity contribution in [1.82, 2.24) is 5.32 Å². The molecular formula is C10H19NO2. The Hall–Kier alpha value is -0.570. The molecule has 1 unspecified atom stereocenters. The van der Waals surface area contributed by atoms with Crippen LogP contribution in [0.25, 0.3) is 0 Å². The van der Waals surface area contributed by atoms with Crippen LogP contribution in [-0.4, -0.2) is 24.7 Å². The van der Waals surface area contributed by atoms with Gasteiger partial charge in [-0.05, 0) is 33.6 Å². The van der Waals surface area contributed by atoms with Crippen molar-refractivity contribution in [3.8, 4) is 0 Å². The number of carbonyl (C=O) groups excluding carboxylic acids is 1. The lowest BCUT2D eigenvalue weighted by atomic mass is 10.0. The van der Waals surface area contributed by atoms with E-state index in [4.69, 9.17) is 4.74 Å². The Bertz CT molecular complexity index is 184. The molecule has 1 amide bonds. The quantitative estimate of drug-likeness (QED) is 0.720. The monoisotopic (exact) mass is 185 g/mol. The smallest absolute Gasteiger partial charge is 0.223 e. The third-order valence-electron chi connectivity index (χ3n) is 2.16. The largest absolute Gasteiger partial charge is 0.376 e. The van der Waals surface area contributed by atoms with Crippen LogP contribution < -0.4 is 5.32 Å². The Morgan fingerprint density at radius 2 is 2.23 bits per heavy atom. The zero-order chi connectivity index (χ0) is 9.90. The zero-order valence-corrected chi connectivity index (χ0v) is 8.72. The first-order chi connectivity index (χ1) is 5.99. The minimum atomic E-state index is -0.0882. The van der Waals surface area contributed by atoms with Gasteiger partial charge in [0.25, 0.3) is 0 Å². The lowest BCUT2D eigenvalue weighted by Gasteiger charge is -2.20. The number of hydrogen-bond acceptors (Lipinski definition) is 2. The van der Waals surface area contributed by atoms with Crippen molar-refractivity contribution in [3.63, 3.8) is 0 Å². The Morgan fingerprint density at radius 3 is 2.69 bits per heavy atom. The van der Waals surface area contributed by atoms with E-state index in [9.17, 15) is 4.79 Å². The van der Waals surface area contributed by atoms with Gasteiger partial charge in [-0.1, -0.05) is 0 Å². The van der Waals surface area contributed by atoms with Gasteiger partial charge in [-0.2, -0.15) is 0 Å². The van der Waals surface area contributed by atoms with Gasteiger partial charge < -0.3 is 10.1 Å². The van der Waals surface area contributed by atoms with Crippen LogP contribution in [0.15, 0.2) is 0 Å². The zero-order valence-electron chi connectivity index (χ0n) is 8.72. The molecule has 13 heavy (non-hydrogen) atoms. The molecule has 0 aliphatic carbocycles. The van der Waals surface area contributed by atoms with Gasteiger partial charge >= 0.3 is 0 Å². The fourth-order valence-electron chi connectivity index (χ4n) is 1.43. The highest BCUT2D eigenvalue weighted by molar-refractivity contribution is 5.80. The van der Waals surface area contributed by atoms with Crippen molar-refractivity contribution in [2.45, 2.75) is 39.2 Å². The molecule has 3 nitrogen and oxygen atoms in total. The van der Waals surface area contributed by atoms with Crippen LogP contribution >= 0.6 is 0 Å². The van der Waals surface area contributed by atoms with Crippen molar-refractivity contribution >= 4 is 5.91 Å². The average Bonchev–Trinajstić information content (AvgIpc) is 2.34. The van der Waals surface area contributed by atoms with E-state index in [1.54, 1.807) is 0 Å². The molecule has 0 aromatic rings. The van der Waals surface area contributed by atoms with Gasteiger partial charge in [0.1, 0.15) is 0 Å². The molecule has 0 aromatic carbocycles. The van der Waals surface area contributed by atoms with Crippen LogP contribution in [0.3, 0.4) is 0 Å². The summed E-state index contributed by atoms with van der Waals surface area (Å²) < 4.78 is 5.56.